The zero-order valence-corrected chi connectivity index (χ0v) is 4.70. The Labute approximate surface area is 129 Å². The number of rotatable bonds is 3. The fourth-order valence-corrected chi connectivity index (χ4v) is 0.304. The van der Waals surface area contributed by atoms with Crippen molar-refractivity contribution in [2.75, 3.05) is 0 Å². The fraction of sp³-hybridized carbons (Fsp3) is 0.500. The van der Waals surface area contributed by atoms with Gasteiger partial charge in [-0.25, -0.2) is 0 Å². The molecule has 5 N–H and O–H groups in total. The van der Waals surface area contributed by atoms with Gasteiger partial charge in [0.1, 0.15) is 6.04 Å². The van der Waals surface area contributed by atoms with Gasteiger partial charge < -0.3 is 16.6 Å². The van der Waals surface area contributed by atoms with E-state index in [-0.39, 0.29) is 87.4 Å². The van der Waals surface area contributed by atoms with Crippen molar-refractivity contribution in [2.45, 2.75) is 12.5 Å². The van der Waals surface area contributed by atoms with Crippen molar-refractivity contribution in [3.8, 4) is 0 Å². The van der Waals surface area contributed by atoms with E-state index in [0.29, 0.717) is 0 Å². The molecular weight excluding hydrogens is 186 g/mol. The molecule has 0 aliphatic rings. The van der Waals surface area contributed by atoms with E-state index < -0.39 is 17.9 Å². The first-order valence-electron chi connectivity index (χ1n) is 2.30. The van der Waals surface area contributed by atoms with Crippen LogP contribution in [0.4, 0.5) is 0 Å². The number of amides is 1. The van der Waals surface area contributed by atoms with E-state index in [4.69, 9.17) is 10.8 Å². The van der Waals surface area contributed by atoms with E-state index in [1.807, 2.05) is 0 Å². The maximum absolute atomic E-state index is 9.99. The zero-order chi connectivity index (χ0) is 7.44. The Morgan fingerprint density at radius 2 is 1.82 bits per heavy atom. The number of carboxylic acid groups (broad SMARTS) is 1. The van der Waals surface area contributed by atoms with Gasteiger partial charge in [-0.1, -0.05) is 0 Å². The monoisotopic (exact) mass is 196 g/mol. The molecule has 0 fully saturated rings. The Morgan fingerprint density at radius 1 is 1.45 bits per heavy atom. The summed E-state index contributed by atoms with van der Waals surface area (Å²) < 4.78 is 0. The van der Waals surface area contributed by atoms with Crippen LogP contribution < -0.4 is 11.5 Å². The Morgan fingerprint density at radius 3 is 1.91 bits per heavy atom. The van der Waals surface area contributed by atoms with E-state index in [2.05, 4.69) is 5.73 Å². The molecule has 0 saturated carbocycles. The summed E-state index contributed by atoms with van der Waals surface area (Å²) in [6, 6.07) is -1.16. The van der Waals surface area contributed by atoms with Gasteiger partial charge >= 0.3 is 86.9 Å². The average Bonchev–Trinajstić information content (AvgIpc) is 1.63. The average molecular weight is 196 g/mol. The van der Waals surface area contributed by atoms with E-state index in [1.54, 1.807) is 0 Å². The quantitative estimate of drug-likeness (QED) is 0.417. The predicted molar refractivity (Wildman–Crippen MR) is 43.7 cm³/mol. The third-order valence-corrected chi connectivity index (χ3v) is 0.738. The second kappa shape index (κ2) is 9.62. The number of nitrogens with two attached hydrogens (primary N) is 2. The van der Waals surface area contributed by atoms with Gasteiger partial charge in [0.2, 0.25) is 5.91 Å². The third kappa shape index (κ3) is 11.5. The molecule has 0 bridgehead atoms. The van der Waals surface area contributed by atoms with Gasteiger partial charge in [0.15, 0.2) is 0 Å². The molecule has 11 heavy (non-hydrogen) atoms. The molecule has 7 heteroatoms. The molecule has 0 saturated heterocycles. The fourth-order valence-electron chi connectivity index (χ4n) is 0.304. The van der Waals surface area contributed by atoms with E-state index in [1.165, 1.54) is 0 Å². The van der Waals surface area contributed by atoms with Gasteiger partial charge in [0.25, 0.3) is 0 Å². The summed E-state index contributed by atoms with van der Waals surface area (Å²) >= 11 is 0. The summed E-state index contributed by atoms with van der Waals surface area (Å²) in [7, 11) is 0. The van der Waals surface area contributed by atoms with E-state index >= 15 is 0 Å². The molecule has 0 radical (unpaired) electrons. The van der Waals surface area contributed by atoms with Gasteiger partial charge in [0, 0.05) is 0 Å². The van der Waals surface area contributed by atoms with Gasteiger partial charge in [0.05, 0.1) is 6.42 Å². The minimum absolute atomic E-state index is 0. The summed E-state index contributed by atoms with van der Waals surface area (Å²) in [5.41, 5.74) is 9.57. The first kappa shape index (κ1) is 18.3. The van der Waals surface area contributed by atoms with Crippen molar-refractivity contribution in [3.63, 3.8) is 0 Å². The van der Waals surface area contributed by atoms with Crippen molar-refractivity contribution in [2.24, 2.45) is 11.5 Å². The summed E-state index contributed by atoms with van der Waals surface area (Å²) in [6.45, 7) is 0. The minimum atomic E-state index is -1.21. The molecule has 1 atom stereocenters. The first-order chi connectivity index (χ1) is 4.04. The molecule has 0 aliphatic carbocycles. The van der Waals surface area contributed by atoms with Crippen LogP contribution in [0.1, 0.15) is 6.42 Å². The normalized spacial score (nSPS) is 10.3. The van der Waals surface area contributed by atoms with Crippen LogP contribution in [0, 0.1) is 0 Å². The topological polar surface area (TPSA) is 106 Å². The second-order valence-electron chi connectivity index (χ2n) is 1.62. The van der Waals surface area contributed by atoms with Gasteiger partial charge in [-0.2, -0.15) is 0 Å². The number of aliphatic carboxylic acids is 1. The van der Waals surface area contributed by atoms with Gasteiger partial charge in [-0.15, -0.1) is 0 Å². The number of carboxylic acids is 1. The van der Waals surface area contributed by atoms with E-state index in [9.17, 15) is 9.59 Å². The van der Waals surface area contributed by atoms with Crippen molar-refractivity contribution in [3.05, 3.63) is 0 Å². The van der Waals surface area contributed by atoms with Crippen LogP contribution in [-0.2, 0) is 9.59 Å². The number of primary amides is 1. The number of hydrogen-bond donors (Lipinski definition) is 3. The number of carbonyl (C=O) groups excluding carboxylic acids is 1. The third-order valence-electron chi connectivity index (χ3n) is 0.738. The van der Waals surface area contributed by atoms with Crippen LogP contribution in [0.5, 0.6) is 0 Å². The molecule has 0 aromatic heterocycles. The first-order valence-corrected chi connectivity index (χ1v) is 2.30. The number of hydrogen-bond acceptors (Lipinski definition) is 3. The van der Waals surface area contributed by atoms with Crippen molar-refractivity contribution < 1.29 is 14.7 Å². The molecule has 56 valence electrons. The number of carbonyl (C=O) groups is 2. The van der Waals surface area contributed by atoms with Crippen LogP contribution in [0.2, 0.25) is 0 Å². The van der Waals surface area contributed by atoms with Crippen LogP contribution in [0.15, 0.2) is 0 Å². The Kier molecular flexibility index (Phi) is 16.0. The Balaban J connectivity index is -0.000000320. The predicted octanol–water partition coefficient (Wildman–Crippen LogP) is -3.02. The molecule has 0 aromatic rings. The molecule has 0 rings (SSSR count). The summed E-state index contributed by atoms with van der Waals surface area (Å²) in [4.78, 5) is 19.9. The maximum atomic E-state index is 9.99. The molecule has 1 amide bonds. The van der Waals surface area contributed by atoms with E-state index in [0.717, 1.165) is 0 Å². The summed E-state index contributed by atoms with van der Waals surface area (Å²) in [6.07, 6.45) is -0.310. The molecule has 5 nitrogen and oxygen atoms in total. The van der Waals surface area contributed by atoms with Crippen LogP contribution in [0.3, 0.4) is 0 Å². The second-order valence-corrected chi connectivity index (χ2v) is 1.62. The van der Waals surface area contributed by atoms with Gasteiger partial charge in [-0.3, -0.25) is 9.59 Å². The van der Waals surface area contributed by atoms with Crippen molar-refractivity contribution >= 4 is 92.8 Å². The molecule has 0 spiro atoms. The summed E-state index contributed by atoms with van der Waals surface area (Å²) in [5, 5.41) is 8.10. The molecule has 0 aliphatic heterocycles. The zero-order valence-electron chi connectivity index (χ0n) is 4.70. The van der Waals surface area contributed by atoms with Crippen LogP contribution in [0.25, 0.3) is 0 Å². The molecule has 0 unspecified atom stereocenters. The molecule has 0 aromatic carbocycles. The Bertz CT molecular complexity index is 143. The van der Waals surface area contributed by atoms with Gasteiger partial charge in [-0.05, 0) is 0 Å². The SMILES string of the molecule is NC(=O)C[C@H](N)C(=O)O.[KH].[NaH]. The summed E-state index contributed by atoms with van der Waals surface area (Å²) in [5.74, 6) is -1.92. The Hall–Kier alpha value is 1.54. The van der Waals surface area contributed by atoms with Crippen LogP contribution in [-0.4, -0.2) is 104 Å². The molecule has 0 heterocycles. The molecular formula is C4H10KN2NaO3. The van der Waals surface area contributed by atoms with Crippen molar-refractivity contribution in [1.82, 2.24) is 0 Å². The van der Waals surface area contributed by atoms with Crippen LogP contribution >= 0.6 is 0 Å². The standard InChI is InChI=1S/C4H8N2O3.K.Na.2H/c5-2(4(8)9)1-3(6)7;;;;/h2H,1,5H2,(H2,6,7)(H,8,9);;;;/t2-;;;;/m0..../s1. The van der Waals surface area contributed by atoms with Crippen molar-refractivity contribution in [1.29, 1.82) is 0 Å².